The Bertz CT molecular complexity index is 236. The maximum atomic E-state index is 11.5. The van der Waals surface area contributed by atoms with Gasteiger partial charge in [0.05, 0.1) is 30.9 Å². The number of carbonyl (C=O) groups excluding carboxylic acids is 1. The molecular weight excluding hydrogens is 198 g/mol. The van der Waals surface area contributed by atoms with Crippen LogP contribution in [0.25, 0.3) is 0 Å². The van der Waals surface area contributed by atoms with E-state index in [0.29, 0.717) is 13.0 Å². The second kappa shape index (κ2) is 4.37. The van der Waals surface area contributed by atoms with Crippen LogP contribution in [0.3, 0.4) is 0 Å². The molecule has 0 radical (unpaired) electrons. The standard InChI is InChI=1S/C10H19NO4/c1-4-15-9(13)11-6-7(12)5-8(11)10(2,3)14/h7-8,12,14H,4-6H2,1-3H3. The molecule has 1 saturated heterocycles. The lowest BCUT2D eigenvalue weighted by Gasteiger charge is -2.32. The Balaban J connectivity index is 2.73. The maximum absolute atomic E-state index is 11.5. The number of likely N-dealkylation sites (tertiary alicyclic amines) is 1. The lowest BCUT2D eigenvalue weighted by atomic mass is 9.96. The van der Waals surface area contributed by atoms with Crippen molar-refractivity contribution in [3.63, 3.8) is 0 Å². The van der Waals surface area contributed by atoms with Crippen LogP contribution in [0, 0.1) is 0 Å². The van der Waals surface area contributed by atoms with Crippen LogP contribution < -0.4 is 0 Å². The molecule has 0 spiro atoms. The second-order valence-electron chi connectivity index (χ2n) is 4.41. The highest BCUT2D eigenvalue weighted by atomic mass is 16.6. The van der Waals surface area contributed by atoms with Crippen LogP contribution in [0.15, 0.2) is 0 Å². The number of ether oxygens (including phenoxy) is 1. The predicted molar refractivity (Wildman–Crippen MR) is 54.4 cm³/mol. The highest BCUT2D eigenvalue weighted by Crippen LogP contribution is 2.27. The second-order valence-corrected chi connectivity index (χ2v) is 4.41. The molecule has 2 unspecified atom stereocenters. The summed E-state index contributed by atoms with van der Waals surface area (Å²) in [7, 11) is 0. The minimum absolute atomic E-state index is 0.230. The van der Waals surface area contributed by atoms with Gasteiger partial charge in [-0.05, 0) is 27.2 Å². The molecule has 2 atom stereocenters. The normalized spacial score (nSPS) is 26.9. The van der Waals surface area contributed by atoms with Gasteiger partial charge in [-0.3, -0.25) is 4.90 Å². The van der Waals surface area contributed by atoms with E-state index in [1.807, 2.05) is 0 Å². The fourth-order valence-corrected chi connectivity index (χ4v) is 1.89. The lowest BCUT2D eigenvalue weighted by molar-refractivity contribution is -0.00393. The predicted octanol–water partition coefficient (Wildman–Crippen LogP) is 0.349. The van der Waals surface area contributed by atoms with Crippen molar-refractivity contribution in [3.05, 3.63) is 0 Å². The molecule has 2 N–H and O–H groups in total. The number of hydrogen-bond donors (Lipinski definition) is 2. The summed E-state index contributed by atoms with van der Waals surface area (Å²) in [4.78, 5) is 12.9. The Labute approximate surface area is 89.6 Å². The fourth-order valence-electron chi connectivity index (χ4n) is 1.89. The van der Waals surface area contributed by atoms with Gasteiger partial charge in [-0.1, -0.05) is 0 Å². The van der Waals surface area contributed by atoms with E-state index in [1.165, 1.54) is 4.90 Å². The van der Waals surface area contributed by atoms with Crippen LogP contribution >= 0.6 is 0 Å². The van der Waals surface area contributed by atoms with Crippen molar-refractivity contribution in [1.82, 2.24) is 4.90 Å². The third kappa shape index (κ3) is 2.82. The van der Waals surface area contributed by atoms with Gasteiger partial charge in [-0.2, -0.15) is 0 Å². The number of hydrogen-bond acceptors (Lipinski definition) is 4. The summed E-state index contributed by atoms with van der Waals surface area (Å²) >= 11 is 0. The van der Waals surface area contributed by atoms with Gasteiger partial charge < -0.3 is 14.9 Å². The molecule has 5 nitrogen and oxygen atoms in total. The first-order chi connectivity index (χ1) is 6.86. The number of carbonyl (C=O) groups is 1. The number of β-amino-alcohol motifs (C(OH)–C–C–N with tert-alkyl or cyclic N) is 1. The molecule has 5 heteroatoms. The van der Waals surface area contributed by atoms with Crippen LogP contribution in [0.5, 0.6) is 0 Å². The molecule has 88 valence electrons. The van der Waals surface area contributed by atoms with Crippen LogP contribution in [-0.4, -0.2) is 52.1 Å². The van der Waals surface area contributed by atoms with E-state index >= 15 is 0 Å². The van der Waals surface area contributed by atoms with Gasteiger partial charge >= 0.3 is 6.09 Å². The van der Waals surface area contributed by atoms with Crippen LogP contribution in [0.1, 0.15) is 27.2 Å². The van der Waals surface area contributed by atoms with Crippen molar-refractivity contribution in [3.8, 4) is 0 Å². The zero-order chi connectivity index (χ0) is 11.6. The summed E-state index contributed by atoms with van der Waals surface area (Å²) in [5, 5.41) is 19.4. The summed E-state index contributed by atoms with van der Waals surface area (Å²) in [5.41, 5.74) is -1.02. The van der Waals surface area contributed by atoms with Crippen LogP contribution in [0.4, 0.5) is 4.79 Å². The van der Waals surface area contributed by atoms with Crippen molar-refractivity contribution in [2.24, 2.45) is 0 Å². The van der Waals surface area contributed by atoms with E-state index in [-0.39, 0.29) is 12.6 Å². The molecule has 0 bridgehead atoms. The summed E-state index contributed by atoms with van der Waals surface area (Å²) in [6.07, 6.45) is -0.658. The van der Waals surface area contributed by atoms with E-state index in [4.69, 9.17) is 4.74 Å². The monoisotopic (exact) mass is 217 g/mol. The van der Waals surface area contributed by atoms with Crippen molar-refractivity contribution >= 4 is 6.09 Å². The van der Waals surface area contributed by atoms with Crippen LogP contribution in [0.2, 0.25) is 0 Å². The molecule has 1 aliphatic rings. The SMILES string of the molecule is CCOC(=O)N1CC(O)CC1C(C)(C)O. The quantitative estimate of drug-likeness (QED) is 0.700. The molecule has 1 heterocycles. The molecule has 0 aromatic rings. The fraction of sp³-hybridized carbons (Fsp3) is 0.900. The first-order valence-corrected chi connectivity index (χ1v) is 5.20. The van der Waals surface area contributed by atoms with Crippen molar-refractivity contribution in [2.75, 3.05) is 13.2 Å². The van der Waals surface area contributed by atoms with Crippen LogP contribution in [-0.2, 0) is 4.74 Å². The highest BCUT2D eigenvalue weighted by molar-refractivity contribution is 5.68. The summed E-state index contributed by atoms with van der Waals surface area (Å²) in [6.45, 7) is 5.50. The van der Waals surface area contributed by atoms with Gasteiger partial charge in [0.15, 0.2) is 0 Å². The first kappa shape index (κ1) is 12.3. The third-order valence-corrected chi connectivity index (χ3v) is 2.60. The average molecular weight is 217 g/mol. The average Bonchev–Trinajstić information content (AvgIpc) is 2.47. The maximum Gasteiger partial charge on any atom is 0.410 e. The molecule has 15 heavy (non-hydrogen) atoms. The molecule has 1 amide bonds. The van der Waals surface area contributed by atoms with Gasteiger partial charge in [0, 0.05) is 0 Å². The summed E-state index contributed by atoms with van der Waals surface area (Å²) in [6, 6.07) is -0.383. The molecular formula is C10H19NO4. The van der Waals surface area contributed by atoms with Gasteiger partial charge in [0.25, 0.3) is 0 Å². The number of aliphatic hydroxyl groups excluding tert-OH is 1. The lowest BCUT2D eigenvalue weighted by Crippen LogP contribution is -2.48. The molecule has 1 fully saturated rings. The van der Waals surface area contributed by atoms with Crippen molar-refractivity contribution < 1.29 is 19.7 Å². The summed E-state index contributed by atoms with van der Waals surface area (Å²) in [5.74, 6) is 0. The Morgan fingerprint density at radius 3 is 2.67 bits per heavy atom. The Morgan fingerprint density at radius 1 is 1.60 bits per heavy atom. The van der Waals surface area contributed by atoms with Gasteiger partial charge in [-0.15, -0.1) is 0 Å². The number of rotatable bonds is 2. The largest absolute Gasteiger partial charge is 0.450 e. The number of amides is 1. The van der Waals surface area contributed by atoms with E-state index in [1.54, 1.807) is 20.8 Å². The smallest absolute Gasteiger partial charge is 0.410 e. The molecule has 0 aliphatic carbocycles. The minimum atomic E-state index is -1.02. The number of nitrogens with zero attached hydrogens (tertiary/aromatic N) is 1. The molecule has 0 aromatic heterocycles. The third-order valence-electron chi connectivity index (χ3n) is 2.60. The van der Waals surface area contributed by atoms with Gasteiger partial charge in [0.1, 0.15) is 0 Å². The van der Waals surface area contributed by atoms with Crippen molar-refractivity contribution in [1.29, 1.82) is 0 Å². The molecule has 0 saturated carbocycles. The van der Waals surface area contributed by atoms with E-state index in [2.05, 4.69) is 0 Å². The van der Waals surface area contributed by atoms with E-state index in [0.717, 1.165) is 0 Å². The summed E-state index contributed by atoms with van der Waals surface area (Å²) < 4.78 is 4.86. The Morgan fingerprint density at radius 2 is 2.20 bits per heavy atom. The topological polar surface area (TPSA) is 70.0 Å². The van der Waals surface area contributed by atoms with E-state index < -0.39 is 17.8 Å². The van der Waals surface area contributed by atoms with Gasteiger partial charge in [0.2, 0.25) is 0 Å². The molecule has 1 aliphatic heterocycles. The zero-order valence-corrected chi connectivity index (χ0v) is 9.43. The van der Waals surface area contributed by atoms with Gasteiger partial charge in [-0.25, -0.2) is 4.79 Å². The van der Waals surface area contributed by atoms with E-state index in [9.17, 15) is 15.0 Å². The van der Waals surface area contributed by atoms with Crippen molar-refractivity contribution in [2.45, 2.75) is 44.9 Å². The molecule has 0 aromatic carbocycles. The minimum Gasteiger partial charge on any atom is -0.450 e. The first-order valence-electron chi connectivity index (χ1n) is 5.20. The highest BCUT2D eigenvalue weighted by Gasteiger charge is 2.43. The molecule has 1 rings (SSSR count). The number of aliphatic hydroxyl groups is 2. The Kier molecular flexibility index (Phi) is 3.57. The zero-order valence-electron chi connectivity index (χ0n) is 9.43. The Hall–Kier alpha value is -0.810.